The second-order valence-electron chi connectivity index (χ2n) is 6.52. The quantitative estimate of drug-likeness (QED) is 0.813. The molecule has 0 aromatic heterocycles. The first-order valence-corrected chi connectivity index (χ1v) is 8.55. The van der Waals surface area contributed by atoms with Crippen LogP contribution in [0.3, 0.4) is 0 Å². The van der Waals surface area contributed by atoms with Crippen molar-refractivity contribution in [2.75, 3.05) is 13.1 Å². The number of carbonyl (C=O) groups excluding carboxylic acids is 2. The highest BCUT2D eigenvalue weighted by Gasteiger charge is 2.32. The average molecular weight is 331 g/mol. The lowest BCUT2D eigenvalue weighted by Crippen LogP contribution is -2.45. The van der Waals surface area contributed by atoms with Crippen molar-refractivity contribution in [2.24, 2.45) is 11.8 Å². The normalized spacial score (nSPS) is 20.7. The zero-order chi connectivity index (χ0) is 17.7. The molecule has 1 fully saturated rings. The molecule has 1 N–H and O–H groups in total. The predicted octanol–water partition coefficient (Wildman–Crippen LogP) is 2.78. The van der Waals surface area contributed by atoms with Gasteiger partial charge in [-0.05, 0) is 24.3 Å². The van der Waals surface area contributed by atoms with Crippen LogP contribution in [0.1, 0.15) is 49.0 Å². The van der Waals surface area contributed by atoms with E-state index in [9.17, 15) is 14.4 Å². The van der Waals surface area contributed by atoms with Crippen LogP contribution in [0.25, 0.3) is 0 Å². The van der Waals surface area contributed by atoms with Crippen molar-refractivity contribution in [3.63, 3.8) is 0 Å². The number of Topliss-reactive ketones (excluding diaryl/α,β-unsaturated/α-hetero) is 1. The highest BCUT2D eigenvalue weighted by molar-refractivity contribution is 5.98. The number of amides is 1. The van der Waals surface area contributed by atoms with Gasteiger partial charge in [-0.2, -0.15) is 0 Å². The first kappa shape index (κ1) is 18.2. The van der Waals surface area contributed by atoms with Crippen molar-refractivity contribution in [3.05, 3.63) is 35.4 Å². The van der Waals surface area contributed by atoms with Gasteiger partial charge in [0.25, 0.3) is 0 Å². The van der Waals surface area contributed by atoms with Crippen LogP contribution in [-0.4, -0.2) is 40.8 Å². The number of aryl methyl sites for hydroxylation is 1. The number of piperidine rings is 1. The highest BCUT2D eigenvalue weighted by atomic mass is 16.4. The van der Waals surface area contributed by atoms with E-state index >= 15 is 0 Å². The molecule has 24 heavy (non-hydrogen) atoms. The number of carbonyl (C=O) groups is 3. The van der Waals surface area contributed by atoms with Crippen molar-refractivity contribution < 1.29 is 19.5 Å². The monoisotopic (exact) mass is 331 g/mol. The number of ketones is 1. The second kappa shape index (κ2) is 8.08. The summed E-state index contributed by atoms with van der Waals surface area (Å²) in [5, 5.41) is 9.12. The summed E-state index contributed by atoms with van der Waals surface area (Å²) in [7, 11) is 0. The molecule has 1 saturated heterocycles. The number of carboxylic acids is 1. The Kier molecular flexibility index (Phi) is 6.12. The summed E-state index contributed by atoms with van der Waals surface area (Å²) >= 11 is 0. The predicted molar refractivity (Wildman–Crippen MR) is 90.9 cm³/mol. The fourth-order valence-corrected chi connectivity index (χ4v) is 3.19. The van der Waals surface area contributed by atoms with Gasteiger partial charge >= 0.3 is 5.97 Å². The van der Waals surface area contributed by atoms with Gasteiger partial charge in [0.1, 0.15) is 0 Å². The summed E-state index contributed by atoms with van der Waals surface area (Å²) in [6.45, 7) is 4.83. The number of hydrogen-bond acceptors (Lipinski definition) is 3. The maximum Gasteiger partial charge on any atom is 0.306 e. The Morgan fingerprint density at radius 3 is 2.38 bits per heavy atom. The molecule has 2 unspecified atom stereocenters. The van der Waals surface area contributed by atoms with Crippen LogP contribution in [0.15, 0.2) is 24.3 Å². The van der Waals surface area contributed by atoms with E-state index < -0.39 is 5.97 Å². The van der Waals surface area contributed by atoms with E-state index in [0.717, 1.165) is 6.42 Å². The molecule has 1 aromatic carbocycles. The largest absolute Gasteiger partial charge is 0.481 e. The van der Waals surface area contributed by atoms with E-state index in [-0.39, 0.29) is 36.4 Å². The number of hydrogen-bond donors (Lipinski definition) is 1. The summed E-state index contributed by atoms with van der Waals surface area (Å²) in [4.78, 5) is 37.3. The SMILES string of the molecule is CCc1ccc(C(=O)CCC(=O)N2CCC(C(=O)O)C(C)C2)cc1. The molecule has 0 aliphatic carbocycles. The van der Waals surface area contributed by atoms with Crippen LogP contribution in [0, 0.1) is 11.8 Å². The third-order valence-corrected chi connectivity index (χ3v) is 4.83. The van der Waals surface area contributed by atoms with Crippen LogP contribution in [-0.2, 0) is 16.0 Å². The molecule has 0 bridgehead atoms. The van der Waals surface area contributed by atoms with Crippen LogP contribution in [0.2, 0.25) is 0 Å². The number of likely N-dealkylation sites (tertiary alicyclic amines) is 1. The molecular formula is C19H25NO4. The van der Waals surface area contributed by atoms with E-state index in [4.69, 9.17) is 5.11 Å². The number of carboxylic acid groups (broad SMARTS) is 1. The van der Waals surface area contributed by atoms with Crippen molar-refractivity contribution in [1.82, 2.24) is 4.90 Å². The lowest BCUT2D eigenvalue weighted by atomic mass is 9.87. The Balaban J connectivity index is 1.84. The van der Waals surface area contributed by atoms with Gasteiger partial charge in [0.2, 0.25) is 5.91 Å². The fraction of sp³-hybridized carbons (Fsp3) is 0.526. The molecule has 2 rings (SSSR count). The molecule has 130 valence electrons. The number of aliphatic carboxylic acids is 1. The Labute approximate surface area is 142 Å². The minimum absolute atomic E-state index is 0.0283. The van der Waals surface area contributed by atoms with Crippen molar-refractivity contribution in [2.45, 2.75) is 39.5 Å². The molecule has 0 saturated carbocycles. The summed E-state index contributed by atoms with van der Waals surface area (Å²) in [5.74, 6) is -1.32. The molecular weight excluding hydrogens is 306 g/mol. The topological polar surface area (TPSA) is 74.7 Å². The minimum atomic E-state index is -0.791. The molecule has 5 heteroatoms. The van der Waals surface area contributed by atoms with Gasteiger partial charge in [0.15, 0.2) is 5.78 Å². The third-order valence-electron chi connectivity index (χ3n) is 4.83. The van der Waals surface area contributed by atoms with Gasteiger partial charge in [-0.1, -0.05) is 38.1 Å². The number of rotatable bonds is 6. The fourth-order valence-electron chi connectivity index (χ4n) is 3.19. The van der Waals surface area contributed by atoms with E-state index in [1.807, 2.05) is 31.2 Å². The number of benzene rings is 1. The second-order valence-corrected chi connectivity index (χ2v) is 6.52. The van der Waals surface area contributed by atoms with Gasteiger partial charge in [-0.15, -0.1) is 0 Å². The zero-order valence-corrected chi connectivity index (χ0v) is 14.3. The standard InChI is InChI=1S/C19H25NO4/c1-3-14-4-6-15(7-5-14)17(21)8-9-18(22)20-11-10-16(19(23)24)13(2)12-20/h4-7,13,16H,3,8-12H2,1-2H3,(H,23,24). The maximum atomic E-state index is 12.3. The number of nitrogens with zero attached hydrogens (tertiary/aromatic N) is 1. The summed E-state index contributed by atoms with van der Waals surface area (Å²) in [6, 6.07) is 7.50. The molecule has 0 radical (unpaired) electrons. The Hall–Kier alpha value is -2.17. The average Bonchev–Trinajstić information content (AvgIpc) is 2.59. The van der Waals surface area contributed by atoms with Gasteiger partial charge in [0.05, 0.1) is 5.92 Å². The maximum absolute atomic E-state index is 12.3. The van der Waals surface area contributed by atoms with Crippen molar-refractivity contribution >= 4 is 17.7 Å². The zero-order valence-electron chi connectivity index (χ0n) is 14.3. The summed E-state index contributed by atoms with van der Waals surface area (Å²) in [6.07, 6.45) is 1.78. The summed E-state index contributed by atoms with van der Waals surface area (Å²) in [5.41, 5.74) is 1.82. The van der Waals surface area contributed by atoms with Gasteiger partial charge in [-0.3, -0.25) is 14.4 Å². The lowest BCUT2D eigenvalue weighted by molar-refractivity contribution is -0.148. The first-order valence-electron chi connectivity index (χ1n) is 8.55. The Bertz CT molecular complexity index is 608. The molecule has 2 atom stereocenters. The molecule has 1 aliphatic rings. The van der Waals surface area contributed by atoms with Crippen molar-refractivity contribution in [3.8, 4) is 0 Å². The molecule has 1 aromatic rings. The molecule has 0 spiro atoms. The van der Waals surface area contributed by atoms with Gasteiger partial charge in [-0.25, -0.2) is 0 Å². The van der Waals surface area contributed by atoms with Gasteiger partial charge < -0.3 is 10.0 Å². The van der Waals surface area contributed by atoms with E-state index in [2.05, 4.69) is 6.92 Å². The lowest BCUT2D eigenvalue weighted by Gasteiger charge is -2.35. The highest BCUT2D eigenvalue weighted by Crippen LogP contribution is 2.24. The molecule has 5 nitrogen and oxygen atoms in total. The molecule has 1 heterocycles. The minimum Gasteiger partial charge on any atom is -0.481 e. The molecule has 1 aliphatic heterocycles. The van der Waals surface area contributed by atoms with E-state index in [0.29, 0.717) is 25.1 Å². The van der Waals surface area contributed by atoms with Crippen LogP contribution < -0.4 is 0 Å². The van der Waals surface area contributed by atoms with Crippen LogP contribution in [0.5, 0.6) is 0 Å². The van der Waals surface area contributed by atoms with Gasteiger partial charge in [0, 0.05) is 31.5 Å². The van der Waals surface area contributed by atoms with E-state index in [1.165, 1.54) is 5.56 Å². The first-order chi connectivity index (χ1) is 11.4. The summed E-state index contributed by atoms with van der Waals surface area (Å²) < 4.78 is 0. The Morgan fingerprint density at radius 1 is 1.17 bits per heavy atom. The van der Waals surface area contributed by atoms with Crippen LogP contribution in [0.4, 0.5) is 0 Å². The smallest absolute Gasteiger partial charge is 0.306 e. The third kappa shape index (κ3) is 4.43. The van der Waals surface area contributed by atoms with Crippen LogP contribution >= 0.6 is 0 Å². The molecule has 1 amide bonds. The van der Waals surface area contributed by atoms with E-state index in [1.54, 1.807) is 4.90 Å². The Morgan fingerprint density at radius 2 is 1.83 bits per heavy atom. The van der Waals surface area contributed by atoms with Crippen molar-refractivity contribution in [1.29, 1.82) is 0 Å².